The van der Waals surface area contributed by atoms with Gasteiger partial charge in [0, 0.05) is 37.5 Å². The Morgan fingerprint density at radius 2 is 1.73 bits per heavy atom. The molecule has 2 N–H and O–H groups in total. The fraction of sp³-hybridized carbons (Fsp3) is 0.312. The van der Waals surface area contributed by atoms with Crippen molar-refractivity contribution >= 4 is 29.3 Å². The smallest absolute Gasteiger partial charge is 0.328 e. The van der Waals surface area contributed by atoms with Gasteiger partial charge < -0.3 is 15.3 Å². The van der Waals surface area contributed by atoms with Crippen molar-refractivity contribution in [3.05, 3.63) is 90.0 Å². The van der Waals surface area contributed by atoms with Crippen molar-refractivity contribution in [3.8, 4) is 11.1 Å². The number of hydrogen-bond acceptors (Lipinski definition) is 3. The molecule has 2 fully saturated rings. The van der Waals surface area contributed by atoms with E-state index in [4.69, 9.17) is 5.11 Å². The van der Waals surface area contributed by atoms with Gasteiger partial charge in [-0.15, -0.1) is 0 Å². The van der Waals surface area contributed by atoms with Gasteiger partial charge in [0.2, 0.25) is 5.91 Å². The van der Waals surface area contributed by atoms with Crippen molar-refractivity contribution in [1.82, 2.24) is 0 Å². The molecule has 0 heterocycles. The second-order valence-electron chi connectivity index (χ2n) is 10.9. The van der Waals surface area contributed by atoms with E-state index in [1.165, 1.54) is 34.9 Å². The molecular weight excluding hydrogens is 460 g/mol. The Bertz CT molecular complexity index is 1310. The Morgan fingerprint density at radius 3 is 2.38 bits per heavy atom. The van der Waals surface area contributed by atoms with E-state index in [1.807, 2.05) is 38.4 Å². The quantitative estimate of drug-likeness (QED) is 0.351. The minimum atomic E-state index is -0.992. The van der Waals surface area contributed by atoms with Gasteiger partial charge in [0.15, 0.2) is 0 Å². The Kier molecular flexibility index (Phi) is 6.88. The number of benzene rings is 3. The molecule has 2 aliphatic carbocycles. The average Bonchev–Trinajstić information content (AvgIpc) is 3.46. The molecule has 2 bridgehead atoms. The first-order chi connectivity index (χ1) is 17.8. The van der Waals surface area contributed by atoms with Gasteiger partial charge in [0.05, 0.1) is 0 Å². The highest BCUT2D eigenvalue weighted by Crippen LogP contribution is 2.59. The lowest BCUT2D eigenvalue weighted by Crippen LogP contribution is -2.37. The summed E-state index contributed by atoms with van der Waals surface area (Å²) in [6.07, 6.45) is 7.91. The topological polar surface area (TPSA) is 69.6 Å². The molecule has 3 aromatic rings. The minimum absolute atomic E-state index is 0.00441. The molecule has 5 heteroatoms. The fourth-order valence-electron chi connectivity index (χ4n) is 6.33. The third kappa shape index (κ3) is 5.46. The molecule has 2 saturated carbocycles. The number of carbonyl (C=O) groups is 2. The SMILES string of the molecule is CN(C)c1ccc(-c2ccc(C[C@@]34CC[C@H](C[C@H]3C(=O)Nc3cccc(/C=C/C(=O)O)c3)C4)cc2)cc1. The second kappa shape index (κ2) is 10.3. The van der Waals surface area contributed by atoms with Gasteiger partial charge >= 0.3 is 5.97 Å². The minimum Gasteiger partial charge on any atom is -0.478 e. The fourth-order valence-corrected chi connectivity index (χ4v) is 6.33. The summed E-state index contributed by atoms with van der Waals surface area (Å²) in [6, 6.07) is 24.8. The first kappa shape index (κ1) is 24.8. The average molecular weight is 495 g/mol. The van der Waals surface area contributed by atoms with Crippen LogP contribution < -0.4 is 10.2 Å². The molecule has 0 aliphatic heterocycles. The number of carbonyl (C=O) groups excluding carboxylic acids is 1. The highest BCUT2D eigenvalue weighted by Gasteiger charge is 2.54. The Hall–Kier alpha value is -3.86. The molecule has 2 aliphatic rings. The van der Waals surface area contributed by atoms with E-state index in [2.05, 4.69) is 58.7 Å². The summed E-state index contributed by atoms with van der Waals surface area (Å²) >= 11 is 0. The van der Waals surface area contributed by atoms with Gasteiger partial charge in [-0.25, -0.2) is 4.79 Å². The summed E-state index contributed by atoms with van der Waals surface area (Å²) in [4.78, 5) is 26.4. The van der Waals surface area contributed by atoms with Crippen LogP contribution in [0.15, 0.2) is 78.9 Å². The number of carboxylic acid groups (broad SMARTS) is 1. The van der Waals surface area contributed by atoms with Crippen LogP contribution in [0.4, 0.5) is 11.4 Å². The molecule has 0 aromatic heterocycles. The van der Waals surface area contributed by atoms with Crippen molar-refractivity contribution in [2.24, 2.45) is 17.3 Å². The molecular formula is C32H34N2O3. The van der Waals surface area contributed by atoms with Crippen molar-refractivity contribution in [1.29, 1.82) is 0 Å². The van der Waals surface area contributed by atoms with Gasteiger partial charge in [0.25, 0.3) is 0 Å². The van der Waals surface area contributed by atoms with E-state index >= 15 is 0 Å². The van der Waals surface area contributed by atoms with Crippen LogP contribution in [-0.4, -0.2) is 31.1 Å². The van der Waals surface area contributed by atoms with E-state index in [0.717, 1.165) is 37.3 Å². The summed E-state index contributed by atoms with van der Waals surface area (Å²) in [6.45, 7) is 0. The number of carboxylic acids is 1. The third-order valence-corrected chi connectivity index (χ3v) is 8.17. The summed E-state index contributed by atoms with van der Waals surface area (Å²) in [5.41, 5.74) is 6.34. The zero-order valence-electron chi connectivity index (χ0n) is 21.5. The first-order valence-corrected chi connectivity index (χ1v) is 13.0. The van der Waals surface area contributed by atoms with Crippen molar-refractivity contribution in [2.45, 2.75) is 32.1 Å². The van der Waals surface area contributed by atoms with Crippen molar-refractivity contribution in [2.75, 3.05) is 24.3 Å². The van der Waals surface area contributed by atoms with Crippen LogP contribution in [-0.2, 0) is 16.0 Å². The molecule has 5 rings (SSSR count). The van der Waals surface area contributed by atoms with Gasteiger partial charge in [-0.05, 0) is 96.0 Å². The van der Waals surface area contributed by atoms with E-state index in [9.17, 15) is 9.59 Å². The maximum absolute atomic E-state index is 13.5. The van der Waals surface area contributed by atoms with Crippen LogP contribution in [0.3, 0.4) is 0 Å². The lowest BCUT2D eigenvalue weighted by molar-refractivity contribution is -0.131. The van der Waals surface area contributed by atoms with Gasteiger partial charge in [-0.1, -0.05) is 48.5 Å². The molecule has 0 radical (unpaired) electrons. The molecule has 0 saturated heterocycles. The number of hydrogen-bond donors (Lipinski definition) is 2. The standard InChI is InChI=1S/C32H34N2O3/c1-34(2)28-13-11-26(12-14-28)25-9-6-23(7-10-25)20-32-17-16-24(21-32)19-29(32)31(37)33-27-5-3-4-22(18-27)8-15-30(35)36/h3-15,18,24,29H,16-17,19-21H2,1-2H3,(H,33,37)(H,35,36)/b15-8+/t24-,29+,32-/m1/s1. The number of rotatable bonds is 8. The number of anilines is 2. The lowest BCUT2D eigenvalue weighted by atomic mass is 9.70. The van der Waals surface area contributed by atoms with Crippen LogP contribution in [0.5, 0.6) is 0 Å². The molecule has 0 spiro atoms. The molecule has 37 heavy (non-hydrogen) atoms. The van der Waals surface area contributed by atoms with Crippen LogP contribution in [0.2, 0.25) is 0 Å². The maximum atomic E-state index is 13.5. The van der Waals surface area contributed by atoms with Gasteiger partial charge in [-0.2, -0.15) is 0 Å². The number of aliphatic carboxylic acids is 1. The second-order valence-corrected chi connectivity index (χ2v) is 10.9. The maximum Gasteiger partial charge on any atom is 0.328 e. The van der Waals surface area contributed by atoms with E-state index < -0.39 is 5.97 Å². The number of fused-ring (bicyclic) bond motifs is 2. The molecule has 1 amide bonds. The van der Waals surface area contributed by atoms with Crippen molar-refractivity contribution in [3.63, 3.8) is 0 Å². The predicted octanol–water partition coefficient (Wildman–Crippen LogP) is 6.51. The van der Waals surface area contributed by atoms with Crippen molar-refractivity contribution < 1.29 is 14.7 Å². The molecule has 190 valence electrons. The third-order valence-electron chi connectivity index (χ3n) is 8.17. The number of nitrogens with one attached hydrogen (secondary N) is 1. The summed E-state index contributed by atoms with van der Waals surface area (Å²) < 4.78 is 0. The Labute approximate surface area is 218 Å². The van der Waals surface area contributed by atoms with Crippen LogP contribution in [0, 0.1) is 17.3 Å². The molecule has 3 aromatic carbocycles. The molecule has 5 nitrogen and oxygen atoms in total. The summed E-state index contributed by atoms with van der Waals surface area (Å²) in [7, 11) is 4.09. The van der Waals surface area contributed by atoms with E-state index in [0.29, 0.717) is 11.6 Å². The summed E-state index contributed by atoms with van der Waals surface area (Å²) in [5, 5.41) is 12.0. The van der Waals surface area contributed by atoms with E-state index in [1.54, 1.807) is 0 Å². The first-order valence-electron chi connectivity index (χ1n) is 13.0. The Morgan fingerprint density at radius 1 is 1.03 bits per heavy atom. The normalized spacial score (nSPS) is 22.3. The lowest BCUT2D eigenvalue weighted by Gasteiger charge is -2.34. The summed E-state index contributed by atoms with van der Waals surface area (Å²) in [5.74, 6) is -0.300. The zero-order valence-corrected chi connectivity index (χ0v) is 21.5. The highest BCUT2D eigenvalue weighted by atomic mass is 16.4. The van der Waals surface area contributed by atoms with Gasteiger partial charge in [-0.3, -0.25) is 4.79 Å². The number of nitrogens with zero attached hydrogens (tertiary/aromatic N) is 1. The van der Waals surface area contributed by atoms with Crippen LogP contribution in [0.1, 0.15) is 36.8 Å². The highest BCUT2D eigenvalue weighted by molar-refractivity contribution is 5.94. The largest absolute Gasteiger partial charge is 0.478 e. The van der Waals surface area contributed by atoms with Crippen LogP contribution >= 0.6 is 0 Å². The monoisotopic (exact) mass is 494 g/mol. The zero-order chi connectivity index (χ0) is 26.0. The molecule has 3 atom stereocenters. The van der Waals surface area contributed by atoms with E-state index in [-0.39, 0.29) is 17.2 Å². The molecule has 0 unspecified atom stereocenters. The number of amides is 1. The van der Waals surface area contributed by atoms with Gasteiger partial charge in [0.1, 0.15) is 0 Å². The predicted molar refractivity (Wildman–Crippen MR) is 150 cm³/mol. The Balaban J connectivity index is 1.29. The van der Waals surface area contributed by atoms with Crippen LogP contribution in [0.25, 0.3) is 17.2 Å².